The number of sulfonamides is 1. The highest BCUT2D eigenvalue weighted by atomic mass is 32.2. The van der Waals surface area contributed by atoms with Crippen LogP contribution in [-0.2, 0) is 26.2 Å². The van der Waals surface area contributed by atoms with Crippen molar-refractivity contribution in [3.8, 4) is 0 Å². The fourth-order valence-corrected chi connectivity index (χ4v) is 3.56. The van der Waals surface area contributed by atoms with Gasteiger partial charge < -0.3 is 4.74 Å². The number of nitrogens with zero attached hydrogens (tertiary/aromatic N) is 1. The Hall–Kier alpha value is -2.78. The number of carbonyl (C=O) groups is 1. The number of non-ortho nitro benzene ring substituents is 1. The second-order valence-corrected chi connectivity index (χ2v) is 7.52. The third-order valence-electron chi connectivity index (χ3n) is 3.74. The summed E-state index contributed by atoms with van der Waals surface area (Å²) in [4.78, 5) is 22.2. The molecule has 27 heavy (non-hydrogen) atoms. The fourth-order valence-electron chi connectivity index (χ4n) is 2.35. The Bertz CT molecular complexity index is 882. The minimum absolute atomic E-state index is 0.0408. The van der Waals surface area contributed by atoms with Crippen LogP contribution in [0.3, 0.4) is 0 Å². The van der Waals surface area contributed by atoms with Crippen molar-refractivity contribution in [2.45, 2.75) is 37.3 Å². The van der Waals surface area contributed by atoms with Crippen molar-refractivity contribution in [1.29, 1.82) is 0 Å². The molecule has 0 aliphatic carbocycles. The topological polar surface area (TPSA) is 116 Å². The number of nitro groups is 1. The highest BCUT2D eigenvalue weighted by Gasteiger charge is 2.26. The van der Waals surface area contributed by atoms with Crippen LogP contribution in [0.1, 0.15) is 25.3 Å². The lowest BCUT2D eigenvalue weighted by molar-refractivity contribution is -0.384. The van der Waals surface area contributed by atoms with Gasteiger partial charge in [-0.25, -0.2) is 8.42 Å². The number of rotatable bonds is 9. The summed E-state index contributed by atoms with van der Waals surface area (Å²) in [6, 6.07) is 12.4. The molecular formula is C18H20N2O6S. The smallest absolute Gasteiger partial charge is 0.324 e. The molecule has 2 rings (SSSR count). The van der Waals surface area contributed by atoms with E-state index >= 15 is 0 Å². The highest BCUT2D eigenvalue weighted by molar-refractivity contribution is 7.89. The maximum absolute atomic E-state index is 12.5. The minimum atomic E-state index is -4.03. The summed E-state index contributed by atoms with van der Waals surface area (Å²) in [6.07, 6.45) is 0.827. The molecule has 0 aliphatic heterocycles. The molecule has 0 saturated heterocycles. The number of nitro benzene ring substituents is 1. The van der Waals surface area contributed by atoms with E-state index in [0.717, 1.165) is 29.8 Å². The van der Waals surface area contributed by atoms with E-state index in [1.165, 1.54) is 0 Å². The molecular weight excluding hydrogens is 372 g/mol. The van der Waals surface area contributed by atoms with Crippen molar-refractivity contribution in [2.75, 3.05) is 0 Å². The molecule has 0 aliphatic rings. The van der Waals surface area contributed by atoms with E-state index in [-0.39, 0.29) is 23.6 Å². The van der Waals surface area contributed by atoms with E-state index in [9.17, 15) is 23.3 Å². The molecule has 8 nitrogen and oxygen atoms in total. The van der Waals surface area contributed by atoms with Gasteiger partial charge in [0.25, 0.3) is 5.69 Å². The van der Waals surface area contributed by atoms with Gasteiger partial charge in [-0.3, -0.25) is 14.9 Å². The SMILES string of the molecule is CCC[C@H](NS(=O)(=O)c1ccc([N+](=O)[O-])cc1)C(=O)OCc1ccccc1. The summed E-state index contributed by atoms with van der Waals surface area (Å²) in [7, 11) is -4.03. The van der Waals surface area contributed by atoms with Crippen molar-refractivity contribution in [1.82, 2.24) is 4.72 Å². The van der Waals surface area contributed by atoms with Gasteiger partial charge in [0.05, 0.1) is 9.82 Å². The number of benzene rings is 2. The molecule has 0 spiro atoms. The van der Waals surface area contributed by atoms with Crippen molar-refractivity contribution >= 4 is 21.7 Å². The molecule has 0 unspecified atom stereocenters. The first-order valence-corrected chi connectivity index (χ1v) is 9.79. The summed E-state index contributed by atoms with van der Waals surface area (Å²) in [6.45, 7) is 1.86. The van der Waals surface area contributed by atoms with E-state index in [1.807, 2.05) is 25.1 Å². The molecule has 0 amide bonds. The molecule has 2 aromatic rings. The summed E-state index contributed by atoms with van der Waals surface area (Å²) in [5.41, 5.74) is 0.570. The van der Waals surface area contributed by atoms with Crippen LogP contribution in [0.5, 0.6) is 0 Å². The summed E-state index contributed by atoms with van der Waals surface area (Å²) >= 11 is 0. The zero-order valence-electron chi connectivity index (χ0n) is 14.7. The van der Waals surface area contributed by atoms with Crippen LogP contribution in [0.25, 0.3) is 0 Å². The number of ether oxygens (including phenoxy) is 1. The van der Waals surface area contributed by atoms with E-state index < -0.39 is 27.0 Å². The number of nitrogens with one attached hydrogen (secondary N) is 1. The Morgan fingerprint density at radius 2 is 1.78 bits per heavy atom. The average molecular weight is 392 g/mol. The number of hydrogen-bond acceptors (Lipinski definition) is 6. The fraction of sp³-hybridized carbons (Fsp3) is 0.278. The Balaban J connectivity index is 2.08. The van der Waals surface area contributed by atoms with E-state index in [1.54, 1.807) is 12.1 Å². The van der Waals surface area contributed by atoms with Gasteiger partial charge in [0.1, 0.15) is 12.6 Å². The molecule has 9 heteroatoms. The Morgan fingerprint density at radius 3 is 2.33 bits per heavy atom. The standard InChI is InChI=1S/C18H20N2O6S/c1-2-6-17(18(21)26-13-14-7-4-3-5-8-14)19-27(24,25)16-11-9-15(10-12-16)20(22)23/h3-5,7-12,17,19H,2,6,13H2,1H3/t17-/m0/s1. The maximum Gasteiger partial charge on any atom is 0.324 e. The van der Waals surface area contributed by atoms with E-state index in [0.29, 0.717) is 6.42 Å². The molecule has 0 aromatic heterocycles. The zero-order chi connectivity index (χ0) is 19.9. The third-order valence-corrected chi connectivity index (χ3v) is 5.23. The first kappa shape index (κ1) is 20.5. The number of carbonyl (C=O) groups excluding carboxylic acids is 1. The van der Waals surface area contributed by atoms with Gasteiger partial charge in [0.2, 0.25) is 10.0 Å². The van der Waals surface area contributed by atoms with Gasteiger partial charge in [0, 0.05) is 12.1 Å². The van der Waals surface area contributed by atoms with Crippen LogP contribution in [0, 0.1) is 10.1 Å². The normalized spacial score (nSPS) is 12.3. The van der Waals surface area contributed by atoms with Gasteiger partial charge in [-0.05, 0) is 24.1 Å². The zero-order valence-corrected chi connectivity index (χ0v) is 15.5. The minimum Gasteiger partial charge on any atom is -0.460 e. The average Bonchev–Trinajstić information content (AvgIpc) is 2.66. The molecule has 0 fully saturated rings. The lowest BCUT2D eigenvalue weighted by Crippen LogP contribution is -2.41. The molecule has 2 aromatic carbocycles. The van der Waals surface area contributed by atoms with Crippen molar-refractivity contribution in [3.05, 3.63) is 70.3 Å². The lowest BCUT2D eigenvalue weighted by Gasteiger charge is -2.17. The second-order valence-electron chi connectivity index (χ2n) is 5.81. The predicted molar refractivity (Wildman–Crippen MR) is 98.4 cm³/mol. The van der Waals surface area contributed by atoms with Crippen molar-refractivity contribution in [3.63, 3.8) is 0 Å². The van der Waals surface area contributed by atoms with E-state index in [2.05, 4.69) is 4.72 Å². The quantitative estimate of drug-likeness (QED) is 0.398. The van der Waals surface area contributed by atoms with Gasteiger partial charge in [0.15, 0.2) is 0 Å². The molecule has 144 valence electrons. The molecule has 1 atom stereocenters. The van der Waals surface area contributed by atoms with Crippen LogP contribution in [0.4, 0.5) is 5.69 Å². The molecule has 1 N–H and O–H groups in total. The third kappa shape index (κ3) is 5.87. The van der Waals surface area contributed by atoms with Crippen molar-refractivity contribution < 1.29 is 22.9 Å². The predicted octanol–water partition coefficient (Wildman–Crippen LogP) is 2.79. The monoisotopic (exact) mass is 392 g/mol. The lowest BCUT2D eigenvalue weighted by atomic mass is 10.2. The molecule has 0 heterocycles. The maximum atomic E-state index is 12.5. The van der Waals surface area contributed by atoms with Gasteiger partial charge in [-0.1, -0.05) is 43.7 Å². The summed E-state index contributed by atoms with van der Waals surface area (Å²) < 4.78 is 32.5. The first-order valence-electron chi connectivity index (χ1n) is 8.31. The highest BCUT2D eigenvalue weighted by Crippen LogP contribution is 2.17. The molecule has 0 radical (unpaired) electrons. The van der Waals surface area contributed by atoms with Gasteiger partial charge >= 0.3 is 5.97 Å². The summed E-state index contributed by atoms with van der Waals surface area (Å²) in [5.74, 6) is -0.675. The number of hydrogen-bond donors (Lipinski definition) is 1. The van der Waals surface area contributed by atoms with Crippen molar-refractivity contribution in [2.24, 2.45) is 0 Å². The molecule has 0 saturated carbocycles. The number of esters is 1. The Kier molecular flexibility index (Phi) is 7.03. The van der Waals surface area contributed by atoms with Crippen LogP contribution in [0.15, 0.2) is 59.5 Å². The van der Waals surface area contributed by atoms with Crippen LogP contribution >= 0.6 is 0 Å². The van der Waals surface area contributed by atoms with Crippen LogP contribution < -0.4 is 4.72 Å². The Labute approximate surface area is 157 Å². The van der Waals surface area contributed by atoms with E-state index in [4.69, 9.17) is 4.74 Å². The van der Waals surface area contributed by atoms with Gasteiger partial charge in [-0.2, -0.15) is 4.72 Å². The largest absolute Gasteiger partial charge is 0.460 e. The van der Waals surface area contributed by atoms with Crippen LogP contribution in [-0.4, -0.2) is 25.4 Å². The molecule has 0 bridgehead atoms. The van der Waals surface area contributed by atoms with Gasteiger partial charge in [-0.15, -0.1) is 0 Å². The second kappa shape index (κ2) is 9.24. The summed E-state index contributed by atoms with van der Waals surface area (Å²) in [5, 5.41) is 10.7. The first-order chi connectivity index (χ1) is 12.8. The van der Waals surface area contributed by atoms with Crippen LogP contribution in [0.2, 0.25) is 0 Å². The Morgan fingerprint density at radius 1 is 1.15 bits per heavy atom.